The van der Waals surface area contributed by atoms with Gasteiger partial charge in [0.2, 0.25) is 5.75 Å². The van der Waals surface area contributed by atoms with E-state index < -0.39 is 12.2 Å². The normalized spacial score (nSPS) is 18.0. The Kier molecular flexibility index (Phi) is 5.86. The summed E-state index contributed by atoms with van der Waals surface area (Å²) in [6, 6.07) is 7.01. The summed E-state index contributed by atoms with van der Waals surface area (Å²) < 4.78 is 34.7. The number of hydrogen-bond acceptors (Lipinski definition) is 7. The number of benzene rings is 2. The summed E-state index contributed by atoms with van der Waals surface area (Å²) in [5.41, 5.74) is 0.615. The molecule has 146 valence electrons. The van der Waals surface area contributed by atoms with Gasteiger partial charge in [0.15, 0.2) is 23.7 Å². The van der Waals surface area contributed by atoms with Gasteiger partial charge in [-0.25, -0.2) is 0 Å². The number of hydrogen-bond donors (Lipinski definition) is 1. The molecule has 2 aromatic carbocycles. The standard InChI is InChI=1S/C19H21BrO7/c1-22-11-7-12(23-2)17(13(8-11)24-3)19-16(9-21)27-18-14(25-4)5-10(20)6-15(18)26-19/h5-8,16,19,21H,9H2,1-4H3/t16-,19+/m0/s1. The Morgan fingerprint density at radius 3 is 2.04 bits per heavy atom. The van der Waals surface area contributed by atoms with E-state index in [4.69, 9.17) is 28.4 Å². The third-order valence-electron chi connectivity index (χ3n) is 4.28. The Bertz CT molecular complexity index is 799. The first-order chi connectivity index (χ1) is 13.1. The lowest BCUT2D eigenvalue weighted by Crippen LogP contribution is -2.36. The van der Waals surface area contributed by atoms with Crippen molar-refractivity contribution in [3.05, 3.63) is 34.3 Å². The monoisotopic (exact) mass is 440 g/mol. The van der Waals surface area contributed by atoms with Crippen LogP contribution in [0.25, 0.3) is 0 Å². The van der Waals surface area contributed by atoms with Crippen molar-refractivity contribution in [2.75, 3.05) is 35.0 Å². The van der Waals surface area contributed by atoms with E-state index in [0.29, 0.717) is 40.1 Å². The van der Waals surface area contributed by atoms with Gasteiger partial charge in [-0.15, -0.1) is 0 Å². The molecule has 0 saturated heterocycles. The van der Waals surface area contributed by atoms with E-state index in [1.807, 2.05) is 0 Å². The molecule has 0 aliphatic carbocycles. The summed E-state index contributed by atoms with van der Waals surface area (Å²) in [6.45, 7) is -0.276. The van der Waals surface area contributed by atoms with Gasteiger partial charge in [0.1, 0.15) is 17.2 Å². The molecule has 0 spiro atoms. The molecule has 1 heterocycles. The first kappa shape index (κ1) is 19.4. The van der Waals surface area contributed by atoms with Gasteiger partial charge in [0, 0.05) is 16.6 Å². The maximum atomic E-state index is 9.93. The molecule has 1 aliphatic rings. The van der Waals surface area contributed by atoms with Crippen LogP contribution in [0.15, 0.2) is 28.7 Å². The predicted molar refractivity (Wildman–Crippen MR) is 102 cm³/mol. The Morgan fingerprint density at radius 1 is 0.889 bits per heavy atom. The van der Waals surface area contributed by atoms with Crippen LogP contribution in [0, 0.1) is 0 Å². The number of halogens is 1. The number of ether oxygens (including phenoxy) is 6. The highest BCUT2D eigenvalue weighted by Crippen LogP contribution is 2.50. The fraction of sp³-hybridized carbons (Fsp3) is 0.368. The largest absolute Gasteiger partial charge is 0.496 e. The molecule has 0 aromatic heterocycles. The van der Waals surface area contributed by atoms with Gasteiger partial charge in [-0.05, 0) is 12.1 Å². The summed E-state index contributed by atoms with van der Waals surface area (Å²) in [6.07, 6.45) is -1.36. The van der Waals surface area contributed by atoms with Gasteiger partial charge in [-0.2, -0.15) is 0 Å². The average molecular weight is 441 g/mol. The molecule has 1 N–H and O–H groups in total. The van der Waals surface area contributed by atoms with Gasteiger partial charge in [-0.1, -0.05) is 15.9 Å². The number of rotatable bonds is 6. The van der Waals surface area contributed by atoms with E-state index in [1.54, 1.807) is 52.7 Å². The Hall–Kier alpha value is -2.32. The van der Waals surface area contributed by atoms with Gasteiger partial charge < -0.3 is 33.5 Å². The molecule has 0 radical (unpaired) electrons. The number of fused-ring (bicyclic) bond motifs is 1. The molecule has 0 bridgehead atoms. The van der Waals surface area contributed by atoms with Crippen LogP contribution in [0.4, 0.5) is 0 Å². The molecule has 2 atom stereocenters. The molecule has 0 saturated carbocycles. The first-order valence-electron chi connectivity index (χ1n) is 8.17. The summed E-state index contributed by atoms with van der Waals surface area (Å²) >= 11 is 3.43. The van der Waals surface area contributed by atoms with E-state index >= 15 is 0 Å². The molecular weight excluding hydrogens is 420 g/mol. The minimum atomic E-state index is -0.691. The second-order valence-corrected chi connectivity index (χ2v) is 6.67. The van der Waals surface area contributed by atoms with E-state index in [2.05, 4.69) is 15.9 Å². The molecule has 27 heavy (non-hydrogen) atoms. The van der Waals surface area contributed by atoms with Crippen LogP contribution in [0.2, 0.25) is 0 Å². The molecule has 8 heteroatoms. The van der Waals surface area contributed by atoms with Crippen LogP contribution in [-0.2, 0) is 0 Å². The van der Waals surface area contributed by atoms with Crippen LogP contribution < -0.4 is 28.4 Å². The smallest absolute Gasteiger partial charge is 0.204 e. The van der Waals surface area contributed by atoms with Crippen molar-refractivity contribution in [3.63, 3.8) is 0 Å². The summed E-state index contributed by atoms with van der Waals surface area (Å²) in [4.78, 5) is 0. The fourth-order valence-electron chi connectivity index (χ4n) is 3.02. The van der Waals surface area contributed by atoms with Crippen molar-refractivity contribution >= 4 is 15.9 Å². The van der Waals surface area contributed by atoms with Crippen LogP contribution in [-0.4, -0.2) is 46.3 Å². The number of aliphatic hydroxyl groups is 1. The van der Waals surface area contributed by atoms with Crippen LogP contribution in [0.3, 0.4) is 0 Å². The minimum absolute atomic E-state index is 0.276. The number of aliphatic hydroxyl groups excluding tert-OH is 1. The maximum absolute atomic E-state index is 9.93. The lowest BCUT2D eigenvalue weighted by molar-refractivity contribution is -0.0160. The van der Waals surface area contributed by atoms with Crippen LogP contribution >= 0.6 is 15.9 Å². The van der Waals surface area contributed by atoms with Crippen molar-refractivity contribution < 1.29 is 33.5 Å². The van der Waals surface area contributed by atoms with Crippen LogP contribution in [0.5, 0.6) is 34.5 Å². The van der Waals surface area contributed by atoms with Gasteiger partial charge in [-0.3, -0.25) is 0 Å². The zero-order chi connectivity index (χ0) is 19.6. The molecule has 0 amide bonds. The highest BCUT2D eigenvalue weighted by Gasteiger charge is 2.38. The second-order valence-electron chi connectivity index (χ2n) is 5.76. The van der Waals surface area contributed by atoms with Gasteiger partial charge in [0.25, 0.3) is 0 Å². The van der Waals surface area contributed by atoms with Gasteiger partial charge in [0.05, 0.1) is 40.6 Å². The zero-order valence-electron chi connectivity index (χ0n) is 15.4. The zero-order valence-corrected chi connectivity index (χ0v) is 17.0. The predicted octanol–water partition coefficient (Wildman–Crippen LogP) is 3.36. The second kappa shape index (κ2) is 8.14. The number of methoxy groups -OCH3 is 4. The Balaban J connectivity index is 2.13. The fourth-order valence-corrected chi connectivity index (χ4v) is 3.43. The van der Waals surface area contributed by atoms with E-state index in [9.17, 15) is 5.11 Å². The average Bonchev–Trinajstić information content (AvgIpc) is 2.70. The molecule has 7 nitrogen and oxygen atoms in total. The summed E-state index contributed by atoms with van der Waals surface area (Å²) in [7, 11) is 6.19. The lowest BCUT2D eigenvalue weighted by Gasteiger charge is -2.35. The Labute approximate surface area is 165 Å². The topological polar surface area (TPSA) is 75.6 Å². The van der Waals surface area contributed by atoms with Crippen molar-refractivity contribution in [2.45, 2.75) is 12.2 Å². The SMILES string of the molecule is COc1cc(OC)c([C@@H]2Oc3cc(Br)cc(OC)c3O[C@H]2CO)c(OC)c1. The quantitative estimate of drug-likeness (QED) is 0.737. The van der Waals surface area contributed by atoms with Crippen molar-refractivity contribution in [3.8, 4) is 34.5 Å². The molecule has 0 fully saturated rings. The molecular formula is C19H21BrO7. The summed E-state index contributed by atoms with van der Waals surface area (Å²) in [5, 5.41) is 9.93. The first-order valence-corrected chi connectivity index (χ1v) is 8.97. The van der Waals surface area contributed by atoms with Crippen LogP contribution in [0.1, 0.15) is 11.7 Å². The highest BCUT2D eigenvalue weighted by molar-refractivity contribution is 9.10. The van der Waals surface area contributed by atoms with Crippen molar-refractivity contribution in [2.24, 2.45) is 0 Å². The van der Waals surface area contributed by atoms with Gasteiger partial charge >= 0.3 is 0 Å². The molecule has 3 rings (SSSR count). The molecule has 2 aromatic rings. The molecule has 1 aliphatic heterocycles. The van der Waals surface area contributed by atoms with Crippen molar-refractivity contribution in [1.82, 2.24) is 0 Å². The van der Waals surface area contributed by atoms with E-state index in [-0.39, 0.29) is 6.61 Å². The third-order valence-corrected chi connectivity index (χ3v) is 4.74. The highest BCUT2D eigenvalue weighted by atomic mass is 79.9. The Morgan fingerprint density at radius 2 is 1.52 bits per heavy atom. The lowest BCUT2D eigenvalue weighted by atomic mass is 10.00. The van der Waals surface area contributed by atoms with E-state index in [0.717, 1.165) is 4.47 Å². The summed E-state index contributed by atoms with van der Waals surface area (Å²) in [5.74, 6) is 3.00. The maximum Gasteiger partial charge on any atom is 0.204 e. The third kappa shape index (κ3) is 3.59. The van der Waals surface area contributed by atoms with E-state index in [1.165, 1.54) is 0 Å². The molecule has 0 unspecified atom stereocenters. The van der Waals surface area contributed by atoms with Crippen molar-refractivity contribution in [1.29, 1.82) is 0 Å². The minimum Gasteiger partial charge on any atom is -0.496 e.